The molecule has 6 heteroatoms. The van der Waals surface area contributed by atoms with Crippen molar-refractivity contribution in [1.29, 1.82) is 0 Å². The van der Waals surface area contributed by atoms with Crippen LogP contribution in [0, 0.1) is 11.3 Å². The molecule has 0 amide bonds. The number of nitrogens with zero attached hydrogens (tertiary/aromatic N) is 1. The van der Waals surface area contributed by atoms with Crippen LogP contribution in [-0.4, -0.2) is 38.3 Å². The highest BCUT2D eigenvalue weighted by Crippen LogP contribution is 2.50. The van der Waals surface area contributed by atoms with Crippen LogP contribution in [0.2, 0.25) is 0 Å². The van der Waals surface area contributed by atoms with Gasteiger partial charge >= 0.3 is 5.97 Å². The van der Waals surface area contributed by atoms with Crippen LogP contribution < -0.4 is 9.47 Å². The second kappa shape index (κ2) is 8.01. The van der Waals surface area contributed by atoms with E-state index in [0.717, 1.165) is 11.3 Å². The SMILES string of the molecule is CCOC(=O)C1C(C)=NC2=C(C(=O)CC(C)(C)C2)[C@H]1c1cccc(OC)c1OC. The number of hydrogen-bond donors (Lipinski definition) is 0. The first-order valence-electron chi connectivity index (χ1n) is 9.93. The van der Waals surface area contributed by atoms with Gasteiger partial charge in [-0.3, -0.25) is 14.6 Å². The number of ketones is 1. The van der Waals surface area contributed by atoms with Crippen LogP contribution in [0.5, 0.6) is 11.5 Å². The van der Waals surface area contributed by atoms with Crippen LogP contribution >= 0.6 is 0 Å². The number of carbonyl (C=O) groups is 2. The molecule has 3 rings (SSSR count). The van der Waals surface area contributed by atoms with Crippen LogP contribution in [0.15, 0.2) is 34.5 Å². The van der Waals surface area contributed by atoms with E-state index in [-0.39, 0.29) is 23.8 Å². The monoisotopic (exact) mass is 399 g/mol. The molecule has 1 aliphatic heterocycles. The van der Waals surface area contributed by atoms with Gasteiger partial charge in [0.15, 0.2) is 17.3 Å². The predicted octanol–water partition coefficient (Wildman–Crippen LogP) is 4.08. The Bertz CT molecular complexity index is 897. The van der Waals surface area contributed by atoms with Gasteiger partial charge in [-0.2, -0.15) is 0 Å². The van der Waals surface area contributed by atoms with Crippen molar-refractivity contribution in [2.75, 3.05) is 20.8 Å². The van der Waals surface area contributed by atoms with Gasteiger partial charge in [0, 0.05) is 34.9 Å². The number of Topliss-reactive ketones (excluding diaryl/α,β-unsaturated/α-hetero) is 1. The maximum atomic E-state index is 13.3. The van der Waals surface area contributed by atoms with E-state index >= 15 is 0 Å². The second-order valence-electron chi connectivity index (χ2n) is 8.34. The average Bonchev–Trinajstić information content (AvgIpc) is 2.65. The lowest BCUT2D eigenvalue weighted by molar-refractivity contribution is -0.146. The molecule has 2 aliphatic rings. The van der Waals surface area contributed by atoms with Gasteiger partial charge in [-0.15, -0.1) is 0 Å². The quantitative estimate of drug-likeness (QED) is 0.698. The lowest BCUT2D eigenvalue weighted by Gasteiger charge is -2.39. The summed E-state index contributed by atoms with van der Waals surface area (Å²) in [4.78, 5) is 30.9. The first kappa shape index (κ1) is 21.1. The molecule has 156 valence electrons. The zero-order valence-corrected chi connectivity index (χ0v) is 18.0. The molecular formula is C23H29NO5. The topological polar surface area (TPSA) is 74.2 Å². The Labute approximate surface area is 171 Å². The van der Waals surface area contributed by atoms with Crippen molar-refractivity contribution in [3.05, 3.63) is 35.0 Å². The smallest absolute Gasteiger partial charge is 0.315 e. The van der Waals surface area contributed by atoms with E-state index in [1.165, 1.54) is 0 Å². The summed E-state index contributed by atoms with van der Waals surface area (Å²) >= 11 is 0. The molecule has 1 unspecified atom stereocenters. The number of rotatable bonds is 5. The van der Waals surface area contributed by atoms with Gasteiger partial charge in [0.25, 0.3) is 0 Å². The molecule has 6 nitrogen and oxygen atoms in total. The first-order valence-corrected chi connectivity index (χ1v) is 9.93. The Kier molecular flexibility index (Phi) is 5.82. The van der Waals surface area contributed by atoms with Gasteiger partial charge in [-0.05, 0) is 31.7 Å². The minimum absolute atomic E-state index is 0.0247. The van der Waals surface area contributed by atoms with Gasteiger partial charge in [0.05, 0.1) is 20.8 Å². The molecular weight excluding hydrogens is 370 g/mol. The maximum Gasteiger partial charge on any atom is 0.315 e. The number of aliphatic imine (C=N–C) groups is 1. The molecule has 1 aliphatic carbocycles. The molecule has 0 saturated carbocycles. The van der Waals surface area contributed by atoms with Gasteiger partial charge in [0.2, 0.25) is 0 Å². The summed E-state index contributed by atoms with van der Waals surface area (Å²) < 4.78 is 16.5. The number of ether oxygens (including phenoxy) is 3. The molecule has 0 bridgehead atoms. The van der Waals surface area contributed by atoms with Crippen LogP contribution in [0.4, 0.5) is 0 Å². The zero-order chi connectivity index (χ0) is 21.3. The number of allylic oxidation sites excluding steroid dienone is 2. The lowest BCUT2D eigenvalue weighted by Crippen LogP contribution is -2.39. The Balaban J connectivity index is 2.26. The number of esters is 1. The fraction of sp³-hybridized carbons (Fsp3) is 0.522. The van der Waals surface area contributed by atoms with E-state index in [1.807, 2.05) is 19.1 Å². The van der Waals surface area contributed by atoms with E-state index < -0.39 is 11.8 Å². The third kappa shape index (κ3) is 3.80. The van der Waals surface area contributed by atoms with Crippen LogP contribution in [-0.2, 0) is 14.3 Å². The van der Waals surface area contributed by atoms with E-state index in [1.54, 1.807) is 27.2 Å². The van der Waals surface area contributed by atoms with Crippen molar-refractivity contribution in [3.63, 3.8) is 0 Å². The van der Waals surface area contributed by atoms with Gasteiger partial charge in [-0.25, -0.2) is 0 Å². The summed E-state index contributed by atoms with van der Waals surface area (Å²) in [5.74, 6) is -0.480. The van der Waals surface area contributed by atoms with Crippen molar-refractivity contribution in [3.8, 4) is 11.5 Å². The molecule has 1 heterocycles. The largest absolute Gasteiger partial charge is 0.493 e. The standard InChI is InChI=1S/C23H29NO5/c1-7-29-22(26)18-13(2)24-15-11-23(3,4)12-16(25)20(15)19(18)14-9-8-10-17(27-5)21(14)28-6/h8-10,18-19H,7,11-12H2,1-6H3/t18?,19-/m0/s1. The minimum atomic E-state index is -0.681. The van der Waals surface area contributed by atoms with Crippen molar-refractivity contribution in [2.24, 2.45) is 16.3 Å². The van der Waals surface area contributed by atoms with Gasteiger partial charge in [-0.1, -0.05) is 26.0 Å². The minimum Gasteiger partial charge on any atom is -0.493 e. The van der Waals surface area contributed by atoms with E-state index in [0.29, 0.717) is 35.6 Å². The molecule has 0 spiro atoms. The molecule has 0 N–H and O–H groups in total. The Morgan fingerprint density at radius 2 is 1.93 bits per heavy atom. The molecule has 0 aromatic heterocycles. The van der Waals surface area contributed by atoms with E-state index in [9.17, 15) is 9.59 Å². The third-order valence-electron chi connectivity index (χ3n) is 5.61. The van der Waals surface area contributed by atoms with E-state index in [4.69, 9.17) is 19.2 Å². The van der Waals surface area contributed by atoms with Crippen molar-refractivity contribution >= 4 is 17.5 Å². The highest BCUT2D eigenvalue weighted by atomic mass is 16.5. The predicted molar refractivity (Wildman–Crippen MR) is 111 cm³/mol. The first-order chi connectivity index (χ1) is 13.7. The second-order valence-corrected chi connectivity index (χ2v) is 8.34. The highest BCUT2D eigenvalue weighted by molar-refractivity contribution is 6.09. The number of benzene rings is 1. The summed E-state index contributed by atoms with van der Waals surface area (Å²) in [6.45, 7) is 8.00. The molecule has 0 fully saturated rings. The molecule has 1 aromatic rings. The highest BCUT2D eigenvalue weighted by Gasteiger charge is 2.47. The summed E-state index contributed by atoms with van der Waals surface area (Å²) in [6, 6.07) is 5.53. The zero-order valence-electron chi connectivity index (χ0n) is 18.0. The molecule has 1 aromatic carbocycles. The van der Waals surface area contributed by atoms with Crippen LogP contribution in [0.3, 0.4) is 0 Å². The molecule has 0 saturated heterocycles. The van der Waals surface area contributed by atoms with Crippen LogP contribution in [0.1, 0.15) is 52.0 Å². The maximum absolute atomic E-state index is 13.3. The number of para-hydroxylation sites is 1. The summed E-state index contributed by atoms with van der Waals surface area (Å²) in [5.41, 5.74) is 2.58. The van der Waals surface area contributed by atoms with Gasteiger partial charge in [0.1, 0.15) is 5.92 Å². The molecule has 29 heavy (non-hydrogen) atoms. The Morgan fingerprint density at radius 1 is 1.21 bits per heavy atom. The summed E-state index contributed by atoms with van der Waals surface area (Å²) in [5, 5.41) is 0. The number of hydrogen-bond acceptors (Lipinski definition) is 6. The Morgan fingerprint density at radius 3 is 2.55 bits per heavy atom. The Hall–Kier alpha value is -2.63. The molecule has 2 atom stereocenters. The average molecular weight is 399 g/mol. The van der Waals surface area contributed by atoms with Crippen molar-refractivity contribution in [1.82, 2.24) is 0 Å². The van der Waals surface area contributed by atoms with Crippen LogP contribution in [0.25, 0.3) is 0 Å². The third-order valence-corrected chi connectivity index (χ3v) is 5.61. The van der Waals surface area contributed by atoms with Gasteiger partial charge < -0.3 is 14.2 Å². The van der Waals surface area contributed by atoms with E-state index in [2.05, 4.69) is 13.8 Å². The summed E-state index contributed by atoms with van der Waals surface area (Å²) in [7, 11) is 3.13. The fourth-order valence-corrected chi connectivity index (χ4v) is 4.48. The van der Waals surface area contributed by atoms with Crippen molar-refractivity contribution in [2.45, 2.75) is 46.5 Å². The lowest BCUT2D eigenvalue weighted by atomic mass is 9.66. The number of carbonyl (C=O) groups excluding carboxylic acids is 2. The number of methoxy groups -OCH3 is 2. The summed E-state index contributed by atoms with van der Waals surface area (Å²) in [6.07, 6.45) is 1.10. The normalized spacial score (nSPS) is 23.2. The molecule has 0 radical (unpaired) electrons. The fourth-order valence-electron chi connectivity index (χ4n) is 4.48. The van der Waals surface area contributed by atoms with Crippen molar-refractivity contribution < 1.29 is 23.8 Å².